The van der Waals surface area contributed by atoms with Gasteiger partial charge < -0.3 is 35.1 Å². The average molecular weight is 633 g/mol. The summed E-state index contributed by atoms with van der Waals surface area (Å²) >= 11 is 7.40. The Kier molecular flexibility index (Phi) is 14.8. The molecular formula is C28H36N14S2. The van der Waals surface area contributed by atoms with Crippen LogP contribution in [-0.4, -0.2) is 45.7 Å². The molecule has 2 aromatic heterocycles. The summed E-state index contributed by atoms with van der Waals surface area (Å²) in [6.45, 7) is 7.96. The Bertz CT molecular complexity index is 1460. The van der Waals surface area contributed by atoms with Crippen molar-refractivity contribution in [2.24, 2.45) is 48.6 Å². The number of likely N-dealkylation sites (N-methyl/N-ethyl adjacent to an activating group) is 2. The van der Waals surface area contributed by atoms with Gasteiger partial charge in [0.25, 0.3) is 0 Å². The van der Waals surface area contributed by atoms with Crippen LogP contribution in [0.4, 0.5) is 34.6 Å². The summed E-state index contributed by atoms with van der Waals surface area (Å²) in [5, 5.41) is 42.7. The Morgan fingerprint density at radius 2 is 1.00 bits per heavy atom. The zero-order valence-electron chi connectivity index (χ0n) is 25.7. The fraction of sp³-hybridized carbons (Fsp3) is 0.357. The predicted octanol–water partition coefficient (Wildman–Crippen LogP) is 4.01. The van der Waals surface area contributed by atoms with E-state index in [4.69, 9.17) is 10.5 Å². The molecule has 0 aliphatic carbocycles. The number of hydrogen-bond donors (Lipinski definition) is 0. The van der Waals surface area contributed by atoms with Crippen molar-refractivity contribution in [3.8, 4) is 10.8 Å². The zero-order valence-corrected chi connectivity index (χ0v) is 27.3. The molecule has 0 spiro atoms. The maximum atomic E-state index is 7.13. The van der Waals surface area contributed by atoms with E-state index in [1.807, 2.05) is 74.2 Å². The van der Waals surface area contributed by atoms with E-state index in [1.54, 1.807) is 9.36 Å². The van der Waals surface area contributed by atoms with Crippen LogP contribution in [0.2, 0.25) is 0 Å². The van der Waals surface area contributed by atoms with E-state index in [-0.39, 0.29) is 0 Å². The number of aryl methyl sites for hydroxylation is 4. The van der Waals surface area contributed by atoms with Gasteiger partial charge in [-0.15, -0.1) is 9.36 Å². The molecule has 14 nitrogen and oxygen atoms in total. The minimum absolute atomic E-state index is 0.560. The van der Waals surface area contributed by atoms with Crippen molar-refractivity contribution >= 4 is 59.9 Å². The van der Waals surface area contributed by atoms with Crippen LogP contribution >= 0.6 is 0 Å². The topological polar surface area (TPSA) is 147 Å². The van der Waals surface area contributed by atoms with Crippen LogP contribution in [0.15, 0.2) is 81.6 Å². The van der Waals surface area contributed by atoms with Gasteiger partial charge in [0.2, 0.25) is 0 Å². The predicted molar refractivity (Wildman–Crippen MR) is 172 cm³/mol. The first-order valence-electron chi connectivity index (χ1n) is 13.5. The van der Waals surface area contributed by atoms with Gasteiger partial charge in [-0.1, -0.05) is 21.0 Å². The van der Waals surface area contributed by atoms with Crippen molar-refractivity contribution in [2.75, 3.05) is 36.0 Å². The number of azo groups is 2. The van der Waals surface area contributed by atoms with Crippen LogP contribution in [0, 0.1) is 21.3 Å². The first-order valence-corrected chi connectivity index (χ1v) is 14.4. The Balaban J connectivity index is 0.00000104. The molecule has 0 aliphatic heterocycles. The summed E-state index contributed by atoms with van der Waals surface area (Å²) in [7, 11) is 7.51. The summed E-state index contributed by atoms with van der Waals surface area (Å²) in [5.74, 6) is 1.12. The minimum atomic E-state index is 0.560. The quantitative estimate of drug-likeness (QED) is 0.104. The Labute approximate surface area is 269 Å². The van der Waals surface area contributed by atoms with E-state index in [2.05, 4.69) is 104 Å². The highest BCUT2D eigenvalue weighted by Crippen LogP contribution is 2.23. The maximum absolute atomic E-state index is 7.13. The maximum Gasteiger partial charge on any atom is 0.435 e. The zero-order chi connectivity index (χ0) is 32.5. The number of nitriles is 2. The third kappa shape index (κ3) is 11.0. The molecule has 0 amide bonds. The second-order valence-corrected chi connectivity index (χ2v) is 9.54. The molecular weight excluding hydrogens is 597 g/mol. The minimum Gasteiger partial charge on any atom is -0.696 e. The molecule has 4 aromatic rings. The Morgan fingerprint density at radius 3 is 1.25 bits per heavy atom. The lowest BCUT2D eigenvalue weighted by molar-refractivity contribution is -0.659. The monoisotopic (exact) mass is 632 g/mol. The van der Waals surface area contributed by atoms with Gasteiger partial charge in [-0.25, -0.2) is 19.7 Å². The molecule has 0 radical (unpaired) electrons. The summed E-state index contributed by atoms with van der Waals surface area (Å²) in [6, 6.07) is 16.3. The van der Waals surface area contributed by atoms with Gasteiger partial charge in [-0.3, -0.25) is 0 Å². The molecule has 44 heavy (non-hydrogen) atoms. The average Bonchev–Trinajstić information content (AvgIpc) is 3.52. The summed E-state index contributed by atoms with van der Waals surface area (Å²) in [6.07, 6.45) is 3.69. The van der Waals surface area contributed by atoms with Crippen molar-refractivity contribution in [3.05, 3.63) is 61.2 Å². The van der Waals surface area contributed by atoms with E-state index in [1.165, 1.54) is 10.8 Å². The molecule has 0 unspecified atom stereocenters. The van der Waals surface area contributed by atoms with E-state index in [0.29, 0.717) is 11.9 Å². The molecule has 4 rings (SSSR count). The van der Waals surface area contributed by atoms with E-state index >= 15 is 0 Å². The summed E-state index contributed by atoms with van der Waals surface area (Å²) in [4.78, 5) is 4.72. The number of benzene rings is 2. The van der Waals surface area contributed by atoms with E-state index < -0.39 is 0 Å². The van der Waals surface area contributed by atoms with Crippen LogP contribution in [0.3, 0.4) is 0 Å². The normalized spacial score (nSPS) is 10.4. The second kappa shape index (κ2) is 18.5. The van der Waals surface area contributed by atoms with Crippen molar-refractivity contribution in [2.45, 2.75) is 13.8 Å². The molecule has 0 bridgehead atoms. The lowest BCUT2D eigenvalue weighted by atomic mass is 10.2. The third-order valence-electron chi connectivity index (χ3n) is 6.15. The van der Waals surface area contributed by atoms with Gasteiger partial charge in [0, 0.05) is 58.0 Å². The van der Waals surface area contributed by atoms with Gasteiger partial charge >= 0.3 is 11.9 Å². The highest BCUT2D eigenvalue weighted by atomic mass is 32.1. The molecule has 0 aliphatic rings. The first-order chi connectivity index (χ1) is 21.2. The smallest absolute Gasteiger partial charge is 0.435 e. The van der Waals surface area contributed by atoms with Crippen molar-refractivity contribution in [1.29, 1.82) is 10.5 Å². The third-order valence-corrected chi connectivity index (χ3v) is 6.15. The molecule has 0 saturated heterocycles. The largest absolute Gasteiger partial charge is 0.696 e. The number of aromatic nitrogens is 6. The van der Waals surface area contributed by atoms with Crippen molar-refractivity contribution in [1.82, 2.24) is 19.6 Å². The van der Waals surface area contributed by atoms with Gasteiger partial charge in [-0.2, -0.15) is 0 Å². The molecule has 2 aromatic carbocycles. The first kappa shape index (κ1) is 35.1. The van der Waals surface area contributed by atoms with Crippen LogP contribution in [0.25, 0.3) is 0 Å². The Hall–Kier alpha value is -5.06. The fourth-order valence-corrected chi connectivity index (χ4v) is 4.11. The van der Waals surface area contributed by atoms with Crippen LogP contribution in [0.5, 0.6) is 0 Å². The lowest BCUT2D eigenvalue weighted by Gasteiger charge is -2.29. The van der Waals surface area contributed by atoms with Crippen LogP contribution in [0.1, 0.15) is 13.8 Å². The van der Waals surface area contributed by atoms with Crippen LogP contribution < -0.4 is 18.9 Å². The van der Waals surface area contributed by atoms with E-state index in [9.17, 15) is 0 Å². The molecule has 0 N–H and O–H groups in total. The number of hydrogen-bond acceptors (Lipinski definition) is 12. The molecule has 0 saturated carbocycles. The number of thiocyanates is 2. The highest BCUT2D eigenvalue weighted by molar-refractivity contribution is 7.64. The summed E-state index contributed by atoms with van der Waals surface area (Å²) < 4.78 is 7.07. The van der Waals surface area contributed by atoms with Gasteiger partial charge in [0.1, 0.15) is 0 Å². The molecule has 16 heteroatoms. The molecule has 0 fully saturated rings. The molecule has 0 atom stereocenters. The van der Waals surface area contributed by atoms with Gasteiger partial charge in [0.15, 0.2) is 12.7 Å². The molecule has 2 heterocycles. The highest BCUT2D eigenvalue weighted by Gasteiger charge is 2.13. The standard InChI is InChI=1S/C26H36N12.2CHNS/c1-7-37(23-13-9-21(10-14-23)27-29-25-31-35(5)19-33(25)3)17-18-38(8-2)24-15-11-22(12-16-24)28-30-26-32-36(6)20-34(26)4;2*2-1-3/h9-16,19-20H,7-8,17-18H2,1-6H3;2*3H/q+2;;/p-2. The SMILES string of the molecule is CCN(CCN(CC)c1ccc(N=Nc2nn(C)c[n+]2C)cc1)c1ccc(N=Nc2nn(C)c[n+]2C)cc1.N#C[S-].N#C[S-]. The van der Waals surface area contributed by atoms with Crippen molar-refractivity contribution < 1.29 is 9.13 Å². The summed E-state index contributed by atoms with van der Waals surface area (Å²) in [5.41, 5.74) is 3.90. The second-order valence-electron chi connectivity index (χ2n) is 9.17. The van der Waals surface area contributed by atoms with Crippen LogP contribution in [-0.2, 0) is 53.4 Å². The fourth-order valence-electron chi connectivity index (χ4n) is 4.11. The molecule has 230 valence electrons. The van der Waals surface area contributed by atoms with Gasteiger partial charge in [0.05, 0.1) is 39.6 Å². The van der Waals surface area contributed by atoms with E-state index in [0.717, 1.165) is 48.9 Å². The van der Waals surface area contributed by atoms with Crippen molar-refractivity contribution in [3.63, 3.8) is 0 Å². The number of anilines is 2. The van der Waals surface area contributed by atoms with Gasteiger partial charge in [-0.05, 0) is 62.4 Å². The number of rotatable bonds is 11. The Morgan fingerprint density at radius 1 is 0.682 bits per heavy atom. The lowest BCUT2D eigenvalue weighted by Crippen LogP contribution is -2.35. The number of nitrogens with zero attached hydrogens (tertiary/aromatic N) is 14.